The van der Waals surface area contributed by atoms with E-state index < -0.39 is 0 Å². The topological polar surface area (TPSA) is 37.7 Å². The van der Waals surface area contributed by atoms with Crippen molar-refractivity contribution in [2.45, 2.75) is 63.8 Å². The highest BCUT2D eigenvalue weighted by molar-refractivity contribution is 6.31. The Kier molecular flexibility index (Phi) is 7.47. The number of aromatic nitrogens is 1. The Bertz CT molecular complexity index is 1690. The number of piperidine rings is 4. The zero-order valence-corrected chi connectivity index (χ0v) is 26.0. The van der Waals surface area contributed by atoms with E-state index in [1.807, 2.05) is 42.5 Å². The number of hydrogen-bond acceptors (Lipinski definition) is 3. The van der Waals surface area contributed by atoms with Gasteiger partial charge in [0.2, 0.25) is 5.91 Å². The number of rotatable bonds is 6. The van der Waals surface area contributed by atoms with E-state index in [0.29, 0.717) is 42.1 Å². The van der Waals surface area contributed by atoms with Crippen molar-refractivity contribution in [1.82, 2.24) is 14.4 Å². The Morgan fingerprint density at radius 1 is 0.909 bits per heavy atom. The van der Waals surface area contributed by atoms with E-state index in [1.54, 1.807) is 0 Å². The molecule has 0 saturated carbocycles. The number of amides is 1. The third kappa shape index (κ3) is 5.24. The van der Waals surface area contributed by atoms with Crippen LogP contribution in [0.5, 0.6) is 5.75 Å². The van der Waals surface area contributed by atoms with Gasteiger partial charge in [-0.05, 0) is 105 Å². The first-order valence-electron chi connectivity index (χ1n) is 16.4. The summed E-state index contributed by atoms with van der Waals surface area (Å²) in [5, 5.41) is 1.85. The molecule has 0 N–H and O–H groups in total. The monoisotopic (exact) mass is 605 g/mol. The third-order valence-electron chi connectivity index (χ3n) is 10.6. The molecule has 0 spiro atoms. The van der Waals surface area contributed by atoms with Crippen LogP contribution in [0.4, 0.5) is 0 Å². The standard InChI is InChI=1S/C38H40ClN3O2/c39-31-13-16-33-30(20-28-12-17-35-34-9-5-19-40-18-4-8-29(37(34)40)24-42(35)38(28)43)23-41(36(33)21-31)22-26-10-14-32(15-11-26)44-25-27-6-2-1-3-7-27/h1-3,6-7,10-11,13-16,20-21,23,29,34-35,37H,4-5,8-9,12,17-19,22,24-25H2/b28-20+/t29-,34-,35-,37+/m1/s1. The summed E-state index contributed by atoms with van der Waals surface area (Å²) in [7, 11) is 0. The van der Waals surface area contributed by atoms with Gasteiger partial charge < -0.3 is 14.2 Å². The predicted molar refractivity (Wildman–Crippen MR) is 177 cm³/mol. The highest BCUT2D eigenvalue weighted by Gasteiger charge is 2.51. The summed E-state index contributed by atoms with van der Waals surface area (Å²) >= 11 is 6.49. The fourth-order valence-corrected chi connectivity index (χ4v) is 8.85. The van der Waals surface area contributed by atoms with Crippen LogP contribution in [0.2, 0.25) is 5.02 Å². The third-order valence-corrected chi connectivity index (χ3v) is 10.9. The van der Waals surface area contributed by atoms with Gasteiger partial charge in [-0.3, -0.25) is 9.69 Å². The highest BCUT2D eigenvalue weighted by Crippen LogP contribution is 2.45. The van der Waals surface area contributed by atoms with E-state index in [0.717, 1.165) is 52.7 Å². The number of halogens is 1. The van der Waals surface area contributed by atoms with Crippen molar-refractivity contribution in [2.75, 3.05) is 19.6 Å². The lowest BCUT2D eigenvalue weighted by Gasteiger charge is -2.58. The van der Waals surface area contributed by atoms with Crippen molar-refractivity contribution in [2.24, 2.45) is 11.8 Å². The first kappa shape index (κ1) is 28.0. The molecular formula is C38H40ClN3O2. The van der Waals surface area contributed by atoms with Crippen LogP contribution in [0.15, 0.2) is 84.6 Å². The van der Waals surface area contributed by atoms with Gasteiger partial charge in [-0.15, -0.1) is 0 Å². The number of hydrogen-bond donors (Lipinski definition) is 0. The smallest absolute Gasteiger partial charge is 0.250 e. The molecule has 44 heavy (non-hydrogen) atoms. The maximum Gasteiger partial charge on any atom is 0.250 e. The van der Waals surface area contributed by atoms with Gasteiger partial charge in [-0.25, -0.2) is 0 Å². The van der Waals surface area contributed by atoms with Crippen molar-refractivity contribution in [1.29, 1.82) is 0 Å². The van der Waals surface area contributed by atoms with Crippen molar-refractivity contribution in [3.05, 3.63) is 106 Å². The quantitative estimate of drug-likeness (QED) is 0.210. The molecule has 4 aliphatic rings. The van der Waals surface area contributed by atoms with Gasteiger partial charge in [-0.1, -0.05) is 60.1 Å². The van der Waals surface area contributed by atoms with Gasteiger partial charge >= 0.3 is 0 Å². The number of carbonyl (C=O) groups excluding carboxylic acids is 1. The van der Waals surface area contributed by atoms with Crippen molar-refractivity contribution in [3.63, 3.8) is 0 Å². The molecule has 5 nitrogen and oxygen atoms in total. The van der Waals surface area contributed by atoms with E-state index in [2.05, 4.69) is 57.0 Å². The Hall–Kier alpha value is -3.54. The fraction of sp³-hybridized carbons (Fsp3) is 0.395. The van der Waals surface area contributed by atoms with Gasteiger partial charge in [0, 0.05) is 52.9 Å². The number of fused-ring (bicyclic) bond motifs is 3. The molecule has 0 aliphatic carbocycles. The maximum atomic E-state index is 14.1. The van der Waals surface area contributed by atoms with E-state index in [-0.39, 0.29) is 5.91 Å². The molecule has 0 radical (unpaired) electrons. The first-order valence-corrected chi connectivity index (χ1v) is 16.8. The van der Waals surface area contributed by atoms with Crippen LogP contribution in [0.3, 0.4) is 0 Å². The highest BCUT2D eigenvalue weighted by atomic mass is 35.5. The van der Waals surface area contributed by atoms with Gasteiger partial charge in [0.25, 0.3) is 0 Å². The summed E-state index contributed by atoms with van der Waals surface area (Å²) in [5.74, 6) is 2.40. The van der Waals surface area contributed by atoms with E-state index >= 15 is 0 Å². The second-order valence-electron chi connectivity index (χ2n) is 13.3. The van der Waals surface area contributed by atoms with E-state index in [9.17, 15) is 4.79 Å². The molecule has 0 bridgehead atoms. The molecule has 1 amide bonds. The Balaban J connectivity index is 1.03. The van der Waals surface area contributed by atoms with Crippen LogP contribution in [0.1, 0.15) is 55.2 Å². The Morgan fingerprint density at radius 2 is 1.73 bits per heavy atom. The molecule has 3 aromatic carbocycles. The lowest BCUT2D eigenvalue weighted by Crippen LogP contribution is -2.66. The predicted octanol–water partition coefficient (Wildman–Crippen LogP) is 7.80. The second kappa shape index (κ2) is 11.8. The minimum atomic E-state index is 0.267. The molecule has 1 aromatic heterocycles. The average molecular weight is 606 g/mol. The first-order chi connectivity index (χ1) is 21.6. The van der Waals surface area contributed by atoms with E-state index in [1.165, 1.54) is 44.3 Å². The fourth-order valence-electron chi connectivity index (χ4n) is 8.68. The van der Waals surface area contributed by atoms with Crippen LogP contribution in [-0.4, -0.2) is 52.0 Å². The molecule has 4 fully saturated rings. The number of ether oxygens (including phenoxy) is 1. The molecule has 226 valence electrons. The average Bonchev–Trinajstić information content (AvgIpc) is 3.38. The molecule has 5 heterocycles. The summed E-state index contributed by atoms with van der Waals surface area (Å²) in [5.41, 5.74) is 5.47. The van der Waals surface area contributed by atoms with Crippen LogP contribution >= 0.6 is 11.6 Å². The number of nitrogens with zero attached hydrogens (tertiary/aromatic N) is 3. The van der Waals surface area contributed by atoms with Crippen molar-refractivity contribution in [3.8, 4) is 5.75 Å². The largest absolute Gasteiger partial charge is 0.489 e. The number of benzene rings is 3. The lowest BCUT2D eigenvalue weighted by atomic mass is 9.67. The summed E-state index contributed by atoms with van der Waals surface area (Å²) in [6.07, 6.45) is 11.4. The zero-order chi connectivity index (χ0) is 29.6. The molecule has 8 rings (SSSR count). The Morgan fingerprint density at radius 3 is 2.57 bits per heavy atom. The van der Waals surface area contributed by atoms with Crippen LogP contribution in [0.25, 0.3) is 17.0 Å². The summed E-state index contributed by atoms with van der Waals surface area (Å²) in [4.78, 5) is 19.1. The van der Waals surface area contributed by atoms with Crippen molar-refractivity contribution < 1.29 is 9.53 Å². The molecule has 4 aliphatic heterocycles. The molecule has 4 aromatic rings. The van der Waals surface area contributed by atoms with Crippen molar-refractivity contribution >= 4 is 34.5 Å². The zero-order valence-electron chi connectivity index (χ0n) is 25.2. The lowest BCUT2D eigenvalue weighted by molar-refractivity contribution is -0.145. The minimum Gasteiger partial charge on any atom is -0.489 e. The number of carbonyl (C=O) groups is 1. The van der Waals surface area contributed by atoms with Gasteiger partial charge in [0.15, 0.2) is 0 Å². The summed E-state index contributed by atoms with van der Waals surface area (Å²) in [6.45, 7) is 4.70. The minimum absolute atomic E-state index is 0.267. The maximum absolute atomic E-state index is 14.1. The second-order valence-corrected chi connectivity index (χ2v) is 13.7. The van der Waals surface area contributed by atoms with E-state index in [4.69, 9.17) is 16.3 Å². The van der Waals surface area contributed by atoms with Gasteiger partial charge in [0.1, 0.15) is 12.4 Å². The summed E-state index contributed by atoms with van der Waals surface area (Å²) in [6, 6.07) is 25.8. The molecule has 6 heteroatoms. The summed E-state index contributed by atoms with van der Waals surface area (Å²) < 4.78 is 8.26. The van der Waals surface area contributed by atoms with Crippen LogP contribution in [0, 0.1) is 11.8 Å². The molecule has 4 atom stereocenters. The van der Waals surface area contributed by atoms with Crippen LogP contribution < -0.4 is 4.74 Å². The SMILES string of the molecule is O=C1/C(=C/c2cn(Cc3ccc(OCc4ccccc4)cc3)c3cc(Cl)ccc23)CC[C@@H]2[C@H]3CCCN4CCC[C@H](CN12)[C@@H]34. The Labute approximate surface area is 265 Å². The molecule has 4 saturated heterocycles. The van der Waals surface area contributed by atoms with Crippen LogP contribution in [-0.2, 0) is 17.9 Å². The van der Waals surface area contributed by atoms with Gasteiger partial charge in [0.05, 0.1) is 5.52 Å². The van der Waals surface area contributed by atoms with Gasteiger partial charge in [-0.2, -0.15) is 0 Å². The molecular weight excluding hydrogens is 566 g/mol. The normalized spacial score (nSPS) is 26.1. The molecule has 0 unspecified atom stereocenters.